The van der Waals surface area contributed by atoms with Gasteiger partial charge in [0.25, 0.3) is 0 Å². The summed E-state index contributed by atoms with van der Waals surface area (Å²) in [5, 5.41) is 9.30. The highest BCUT2D eigenvalue weighted by molar-refractivity contribution is 6.02. The summed E-state index contributed by atoms with van der Waals surface area (Å²) >= 11 is 0. The van der Waals surface area contributed by atoms with Gasteiger partial charge >= 0.3 is 5.97 Å². The average molecular weight is 267 g/mol. The number of oxazole rings is 1. The molecule has 100 valence electrons. The molecule has 0 aliphatic carbocycles. The van der Waals surface area contributed by atoms with Crippen LogP contribution in [0.3, 0.4) is 0 Å². The topological polar surface area (TPSA) is 63.3 Å². The number of hydrogen-bond acceptors (Lipinski definition) is 3. The van der Waals surface area contributed by atoms with Crippen molar-refractivity contribution in [1.82, 2.24) is 4.98 Å². The van der Waals surface area contributed by atoms with E-state index in [1.165, 1.54) is 6.39 Å². The van der Waals surface area contributed by atoms with Crippen LogP contribution in [0.2, 0.25) is 0 Å². The predicted octanol–water partition coefficient (Wildman–Crippen LogP) is 3.81. The maximum atomic E-state index is 11.3. The number of carboxylic acids is 1. The van der Waals surface area contributed by atoms with E-state index in [9.17, 15) is 9.90 Å². The molecule has 0 aliphatic heterocycles. The molecule has 0 atom stereocenters. The Balaban J connectivity index is 2.28. The van der Waals surface area contributed by atoms with Crippen LogP contribution in [0.1, 0.15) is 21.5 Å². The van der Waals surface area contributed by atoms with E-state index >= 15 is 0 Å². The molecule has 4 nitrogen and oxygen atoms in total. The highest BCUT2D eigenvalue weighted by atomic mass is 16.4. The third-order valence-electron chi connectivity index (χ3n) is 3.22. The Morgan fingerprint density at radius 3 is 2.35 bits per heavy atom. The molecule has 0 bridgehead atoms. The molecule has 20 heavy (non-hydrogen) atoms. The zero-order valence-electron chi connectivity index (χ0n) is 11.2. The van der Waals surface area contributed by atoms with Crippen LogP contribution in [0, 0.1) is 13.8 Å². The molecule has 1 heterocycles. The van der Waals surface area contributed by atoms with E-state index in [4.69, 9.17) is 4.42 Å². The van der Waals surface area contributed by atoms with Crippen molar-refractivity contribution in [1.29, 1.82) is 0 Å². The van der Waals surface area contributed by atoms with Crippen molar-refractivity contribution in [2.24, 2.45) is 0 Å². The maximum Gasteiger partial charge on any atom is 0.338 e. The first-order chi connectivity index (χ1) is 9.54. The third-order valence-corrected chi connectivity index (χ3v) is 3.22. The minimum atomic E-state index is -1.00. The number of fused-ring (bicyclic) bond motifs is 1. The number of aromatic carboxylic acids is 1. The summed E-state index contributed by atoms with van der Waals surface area (Å²) in [5.41, 5.74) is 5.08. The molecule has 0 saturated heterocycles. The number of nitrogens with zero attached hydrogens (tertiary/aromatic N) is 1. The molecule has 0 fully saturated rings. The summed E-state index contributed by atoms with van der Waals surface area (Å²) < 4.78 is 5.26. The fourth-order valence-corrected chi connectivity index (χ4v) is 2.44. The van der Waals surface area contributed by atoms with E-state index in [1.807, 2.05) is 32.0 Å². The second kappa shape index (κ2) is 4.49. The van der Waals surface area contributed by atoms with E-state index in [1.54, 1.807) is 6.07 Å². The normalized spacial score (nSPS) is 10.9. The number of carbonyl (C=O) groups is 1. The fourth-order valence-electron chi connectivity index (χ4n) is 2.44. The second-order valence-corrected chi connectivity index (χ2v) is 4.90. The van der Waals surface area contributed by atoms with Crippen molar-refractivity contribution in [3.63, 3.8) is 0 Å². The highest BCUT2D eigenvalue weighted by Crippen LogP contribution is 2.28. The van der Waals surface area contributed by atoms with Gasteiger partial charge in [0.2, 0.25) is 0 Å². The van der Waals surface area contributed by atoms with Gasteiger partial charge in [0.15, 0.2) is 12.0 Å². The Bertz CT molecular complexity index is 797. The summed E-state index contributed by atoms with van der Waals surface area (Å²) in [6.45, 7) is 4.03. The number of hydrogen-bond donors (Lipinski definition) is 1. The van der Waals surface area contributed by atoms with Gasteiger partial charge in [-0.3, -0.25) is 0 Å². The SMILES string of the molecule is Cc1cc(C)cc(-c2cc(C(=O)O)c3ncoc3c2)c1. The van der Waals surface area contributed by atoms with Gasteiger partial charge in [-0.25, -0.2) is 9.78 Å². The first-order valence-electron chi connectivity index (χ1n) is 6.24. The Morgan fingerprint density at radius 2 is 1.70 bits per heavy atom. The van der Waals surface area contributed by atoms with Crippen molar-refractivity contribution in [2.45, 2.75) is 13.8 Å². The Kier molecular flexibility index (Phi) is 2.79. The lowest BCUT2D eigenvalue weighted by Gasteiger charge is -2.06. The van der Waals surface area contributed by atoms with Crippen LogP contribution in [-0.4, -0.2) is 16.1 Å². The van der Waals surface area contributed by atoms with Crippen LogP contribution in [0.4, 0.5) is 0 Å². The summed E-state index contributed by atoms with van der Waals surface area (Å²) in [6.07, 6.45) is 1.27. The molecule has 0 amide bonds. The van der Waals surface area contributed by atoms with E-state index in [-0.39, 0.29) is 5.56 Å². The zero-order chi connectivity index (χ0) is 14.3. The van der Waals surface area contributed by atoms with Crippen LogP contribution < -0.4 is 0 Å². The lowest BCUT2D eigenvalue weighted by molar-refractivity contribution is 0.0699. The Labute approximate surface area is 115 Å². The standard InChI is InChI=1S/C16H13NO3/c1-9-3-10(2)5-11(4-9)12-6-13(16(18)19)15-14(7-12)20-8-17-15/h3-8H,1-2H3,(H,18,19). The largest absolute Gasteiger partial charge is 0.478 e. The van der Waals surface area contributed by atoms with Crippen molar-refractivity contribution in [3.05, 3.63) is 53.4 Å². The number of carboxylic acid groups (broad SMARTS) is 1. The van der Waals surface area contributed by atoms with Crippen LogP contribution in [0.5, 0.6) is 0 Å². The van der Waals surface area contributed by atoms with E-state index in [0.717, 1.165) is 22.3 Å². The Hall–Kier alpha value is -2.62. The van der Waals surface area contributed by atoms with Gasteiger partial charge in [-0.05, 0) is 37.1 Å². The van der Waals surface area contributed by atoms with Crippen molar-refractivity contribution < 1.29 is 14.3 Å². The molecule has 2 aromatic carbocycles. The molecule has 0 aliphatic rings. The number of benzene rings is 2. The fraction of sp³-hybridized carbons (Fsp3) is 0.125. The minimum Gasteiger partial charge on any atom is -0.478 e. The molecular weight excluding hydrogens is 254 g/mol. The van der Waals surface area contributed by atoms with Crippen LogP contribution in [0.25, 0.3) is 22.2 Å². The van der Waals surface area contributed by atoms with Crippen molar-refractivity contribution in [3.8, 4) is 11.1 Å². The molecule has 0 saturated carbocycles. The van der Waals surface area contributed by atoms with Gasteiger partial charge in [-0.2, -0.15) is 0 Å². The second-order valence-electron chi connectivity index (χ2n) is 4.90. The molecule has 1 aromatic heterocycles. The Morgan fingerprint density at radius 1 is 1.05 bits per heavy atom. The zero-order valence-corrected chi connectivity index (χ0v) is 11.2. The van der Waals surface area contributed by atoms with Gasteiger partial charge in [-0.1, -0.05) is 29.3 Å². The molecule has 0 radical (unpaired) electrons. The summed E-state index contributed by atoms with van der Waals surface area (Å²) in [5.74, 6) is -1.00. The molecule has 3 rings (SSSR count). The predicted molar refractivity (Wildman–Crippen MR) is 75.9 cm³/mol. The number of aryl methyl sites for hydroxylation is 2. The first-order valence-corrected chi connectivity index (χ1v) is 6.24. The van der Waals surface area contributed by atoms with Crippen LogP contribution in [-0.2, 0) is 0 Å². The quantitative estimate of drug-likeness (QED) is 0.766. The summed E-state index contributed by atoms with van der Waals surface area (Å²) in [7, 11) is 0. The molecule has 1 N–H and O–H groups in total. The lowest BCUT2D eigenvalue weighted by atomic mass is 9.98. The smallest absolute Gasteiger partial charge is 0.338 e. The van der Waals surface area contributed by atoms with Crippen LogP contribution in [0.15, 0.2) is 41.1 Å². The molecule has 4 heteroatoms. The third kappa shape index (κ3) is 2.05. The summed E-state index contributed by atoms with van der Waals surface area (Å²) in [6, 6.07) is 9.59. The van der Waals surface area contributed by atoms with E-state index < -0.39 is 5.97 Å². The number of rotatable bonds is 2. The van der Waals surface area contributed by atoms with Gasteiger partial charge in [0.05, 0.1) is 5.56 Å². The van der Waals surface area contributed by atoms with Gasteiger partial charge in [0, 0.05) is 0 Å². The van der Waals surface area contributed by atoms with E-state index in [0.29, 0.717) is 11.1 Å². The van der Waals surface area contributed by atoms with Crippen LogP contribution >= 0.6 is 0 Å². The molecule has 0 unspecified atom stereocenters. The molecule has 3 aromatic rings. The average Bonchev–Trinajstić information content (AvgIpc) is 2.84. The molecular formula is C16H13NO3. The van der Waals surface area contributed by atoms with E-state index in [2.05, 4.69) is 11.1 Å². The highest BCUT2D eigenvalue weighted by Gasteiger charge is 2.15. The molecule has 0 spiro atoms. The van der Waals surface area contributed by atoms with Crippen molar-refractivity contribution >= 4 is 17.1 Å². The van der Waals surface area contributed by atoms with Gasteiger partial charge < -0.3 is 9.52 Å². The monoisotopic (exact) mass is 267 g/mol. The van der Waals surface area contributed by atoms with Gasteiger partial charge in [0.1, 0.15) is 5.52 Å². The van der Waals surface area contributed by atoms with Gasteiger partial charge in [-0.15, -0.1) is 0 Å². The number of aromatic nitrogens is 1. The lowest BCUT2D eigenvalue weighted by Crippen LogP contribution is -1.98. The minimum absolute atomic E-state index is 0.158. The van der Waals surface area contributed by atoms with Crippen molar-refractivity contribution in [2.75, 3.05) is 0 Å². The summed E-state index contributed by atoms with van der Waals surface area (Å²) in [4.78, 5) is 15.3. The maximum absolute atomic E-state index is 11.3. The first kappa shape index (κ1) is 12.4.